The molecule has 2 aliphatic carbocycles. The first-order valence-electron chi connectivity index (χ1n) is 13.2. The summed E-state index contributed by atoms with van der Waals surface area (Å²) in [4.78, 5) is 0. The molecule has 2 aromatic carbocycles. The van der Waals surface area contributed by atoms with Crippen molar-refractivity contribution in [2.24, 2.45) is 0 Å². The van der Waals surface area contributed by atoms with Crippen LogP contribution >= 0.6 is 0 Å². The van der Waals surface area contributed by atoms with E-state index in [0.717, 1.165) is 38.5 Å². The molecule has 4 aromatic rings. The fourth-order valence-corrected chi connectivity index (χ4v) is 5.70. The molecule has 0 radical (unpaired) electrons. The zero-order chi connectivity index (χ0) is 24.3. The Morgan fingerprint density at radius 1 is 1.00 bits per heavy atom. The van der Waals surface area contributed by atoms with Gasteiger partial charge in [-0.3, -0.25) is 0 Å². The van der Waals surface area contributed by atoms with Crippen LogP contribution in [-0.2, 0) is 6.42 Å². The summed E-state index contributed by atoms with van der Waals surface area (Å²) in [5, 5.41) is 2.67. The Morgan fingerprint density at radius 2 is 1.78 bits per heavy atom. The van der Waals surface area contributed by atoms with E-state index in [9.17, 15) is 0 Å². The number of rotatable bonds is 5. The SMILES string of the molecule is CCC/C=C\c1cc2c(n1C1=CC=CC(n3c4ccccc4c4ccccc43)CC1)CC#CCC=C2. The average molecular weight is 469 g/mol. The van der Waals surface area contributed by atoms with Gasteiger partial charge in [0.1, 0.15) is 0 Å². The predicted octanol–water partition coefficient (Wildman–Crippen LogP) is 8.80. The van der Waals surface area contributed by atoms with E-state index in [1.54, 1.807) is 0 Å². The van der Waals surface area contributed by atoms with E-state index in [0.29, 0.717) is 6.04 Å². The van der Waals surface area contributed by atoms with Gasteiger partial charge in [-0.25, -0.2) is 0 Å². The smallest absolute Gasteiger partial charge is 0.0529 e. The summed E-state index contributed by atoms with van der Waals surface area (Å²) in [6.07, 6.45) is 22.0. The molecule has 2 aromatic heterocycles. The van der Waals surface area contributed by atoms with Gasteiger partial charge in [-0.05, 0) is 55.2 Å². The highest BCUT2D eigenvalue weighted by Crippen LogP contribution is 2.36. The third kappa shape index (κ3) is 4.06. The molecule has 6 rings (SSSR count). The van der Waals surface area contributed by atoms with E-state index < -0.39 is 0 Å². The van der Waals surface area contributed by atoms with Crippen molar-refractivity contribution in [3.63, 3.8) is 0 Å². The second-order valence-electron chi connectivity index (χ2n) is 9.69. The van der Waals surface area contributed by atoms with Crippen molar-refractivity contribution in [3.8, 4) is 11.8 Å². The lowest BCUT2D eigenvalue weighted by Gasteiger charge is -2.19. The van der Waals surface area contributed by atoms with Gasteiger partial charge in [0.05, 0.1) is 12.5 Å². The molecule has 0 bridgehead atoms. The lowest BCUT2D eigenvalue weighted by Crippen LogP contribution is -2.08. The number of para-hydroxylation sites is 2. The lowest BCUT2D eigenvalue weighted by atomic mass is 10.1. The van der Waals surface area contributed by atoms with E-state index >= 15 is 0 Å². The van der Waals surface area contributed by atoms with Crippen molar-refractivity contribution in [1.29, 1.82) is 0 Å². The maximum Gasteiger partial charge on any atom is 0.0529 e. The number of fused-ring (bicyclic) bond motifs is 4. The number of benzene rings is 2. The van der Waals surface area contributed by atoms with Gasteiger partial charge in [0.2, 0.25) is 0 Å². The molecule has 36 heavy (non-hydrogen) atoms. The van der Waals surface area contributed by atoms with E-state index in [2.05, 4.69) is 125 Å². The normalized spacial score (nSPS) is 17.5. The van der Waals surface area contributed by atoms with Crippen LogP contribution in [0.2, 0.25) is 0 Å². The Bertz CT molecular complexity index is 1550. The van der Waals surface area contributed by atoms with Gasteiger partial charge >= 0.3 is 0 Å². The topological polar surface area (TPSA) is 9.86 Å². The van der Waals surface area contributed by atoms with Gasteiger partial charge in [0, 0.05) is 45.3 Å². The van der Waals surface area contributed by atoms with Crippen molar-refractivity contribution < 1.29 is 0 Å². The van der Waals surface area contributed by atoms with Crippen LogP contribution in [0, 0.1) is 11.8 Å². The Kier molecular flexibility index (Phi) is 6.22. The van der Waals surface area contributed by atoms with Crippen LogP contribution < -0.4 is 0 Å². The van der Waals surface area contributed by atoms with Gasteiger partial charge in [0.25, 0.3) is 0 Å². The first-order chi connectivity index (χ1) is 17.8. The highest BCUT2D eigenvalue weighted by atomic mass is 15.0. The van der Waals surface area contributed by atoms with Gasteiger partial charge < -0.3 is 9.13 Å². The monoisotopic (exact) mass is 468 g/mol. The minimum atomic E-state index is 0.305. The predicted molar refractivity (Wildman–Crippen MR) is 155 cm³/mol. The van der Waals surface area contributed by atoms with Crippen LogP contribution in [0.1, 0.15) is 62.0 Å². The average Bonchev–Trinajstić information content (AvgIpc) is 3.28. The zero-order valence-electron chi connectivity index (χ0n) is 21.0. The fourth-order valence-electron chi connectivity index (χ4n) is 5.70. The maximum absolute atomic E-state index is 3.40. The lowest BCUT2D eigenvalue weighted by molar-refractivity contribution is 0.596. The molecule has 0 spiro atoms. The van der Waals surface area contributed by atoms with Crippen LogP contribution in [0.25, 0.3) is 39.7 Å². The summed E-state index contributed by atoms with van der Waals surface area (Å²) in [6, 6.07) is 20.3. The van der Waals surface area contributed by atoms with Gasteiger partial charge in [-0.2, -0.15) is 0 Å². The number of hydrogen-bond acceptors (Lipinski definition) is 0. The number of aromatic nitrogens is 2. The summed E-state index contributed by atoms with van der Waals surface area (Å²) >= 11 is 0. The molecule has 0 aliphatic heterocycles. The van der Waals surface area contributed by atoms with Crippen LogP contribution in [0.5, 0.6) is 0 Å². The number of unbranched alkanes of at least 4 members (excludes halogenated alkanes) is 1. The summed E-state index contributed by atoms with van der Waals surface area (Å²) in [5.74, 6) is 6.68. The molecule has 2 aliphatic rings. The van der Waals surface area contributed by atoms with Crippen molar-refractivity contribution in [2.45, 2.75) is 51.5 Å². The molecule has 0 saturated carbocycles. The van der Waals surface area contributed by atoms with E-state index in [1.165, 1.54) is 44.5 Å². The van der Waals surface area contributed by atoms with Crippen LogP contribution in [-0.4, -0.2) is 9.13 Å². The molecular weight excluding hydrogens is 436 g/mol. The van der Waals surface area contributed by atoms with E-state index in [1.807, 2.05) is 0 Å². The quantitative estimate of drug-likeness (QED) is 0.259. The summed E-state index contributed by atoms with van der Waals surface area (Å²) in [5.41, 5.74) is 7.84. The first kappa shape index (κ1) is 22.5. The highest BCUT2D eigenvalue weighted by molar-refractivity contribution is 6.08. The van der Waals surface area contributed by atoms with E-state index in [-0.39, 0.29) is 0 Å². The van der Waals surface area contributed by atoms with Gasteiger partial charge in [0.15, 0.2) is 0 Å². The molecule has 0 saturated heterocycles. The van der Waals surface area contributed by atoms with Gasteiger partial charge in [-0.15, -0.1) is 0 Å². The standard InChI is InChI=1S/C34H32N2/c1-2-3-6-15-29-25-26-14-7-4-5-8-20-32(26)35(29)27-16-13-17-28(24-23-27)36-33-21-11-9-18-30(33)31-19-10-12-22-34(31)36/h6-7,9-19,21-22,25,28H,2-4,20,23-24H2,1H3/b14-7?,15-6-. The second kappa shape index (κ2) is 9.96. The summed E-state index contributed by atoms with van der Waals surface area (Å²) in [7, 11) is 0. The van der Waals surface area contributed by atoms with Gasteiger partial charge in [-0.1, -0.05) is 92.0 Å². The van der Waals surface area contributed by atoms with Crippen molar-refractivity contribution in [2.75, 3.05) is 0 Å². The molecule has 0 fully saturated rings. The Labute approximate surface area is 213 Å². The molecular formula is C34H32N2. The van der Waals surface area contributed by atoms with Crippen LogP contribution in [0.15, 0.2) is 85.0 Å². The first-order valence-corrected chi connectivity index (χ1v) is 13.2. The third-order valence-corrected chi connectivity index (χ3v) is 7.36. The Balaban J connectivity index is 1.39. The number of allylic oxidation sites excluding steroid dienone is 6. The fraction of sp³-hybridized carbons (Fsp3) is 0.235. The Morgan fingerprint density at radius 3 is 2.56 bits per heavy atom. The van der Waals surface area contributed by atoms with Crippen LogP contribution in [0.4, 0.5) is 0 Å². The molecule has 2 heteroatoms. The minimum Gasteiger partial charge on any atom is -0.333 e. The molecule has 2 nitrogen and oxygen atoms in total. The molecule has 1 atom stereocenters. The molecule has 178 valence electrons. The molecule has 1 unspecified atom stereocenters. The largest absolute Gasteiger partial charge is 0.333 e. The highest BCUT2D eigenvalue weighted by Gasteiger charge is 2.21. The molecule has 0 amide bonds. The number of nitrogens with zero attached hydrogens (tertiary/aromatic N) is 2. The molecule has 0 N–H and O–H groups in total. The summed E-state index contributed by atoms with van der Waals surface area (Å²) < 4.78 is 5.01. The van der Waals surface area contributed by atoms with Crippen molar-refractivity contribution >= 4 is 39.7 Å². The van der Waals surface area contributed by atoms with E-state index in [4.69, 9.17) is 0 Å². The zero-order valence-corrected chi connectivity index (χ0v) is 21.0. The third-order valence-electron chi connectivity index (χ3n) is 7.36. The molecule has 2 heterocycles. The summed E-state index contributed by atoms with van der Waals surface area (Å²) in [6.45, 7) is 2.23. The van der Waals surface area contributed by atoms with Crippen LogP contribution in [0.3, 0.4) is 0 Å². The van der Waals surface area contributed by atoms with Crippen molar-refractivity contribution in [1.82, 2.24) is 9.13 Å². The maximum atomic E-state index is 3.40. The number of hydrogen-bond donors (Lipinski definition) is 0. The second-order valence-corrected chi connectivity index (χ2v) is 9.69. The minimum absolute atomic E-state index is 0.305. The Hall–Kier alpha value is -3.96. The van der Waals surface area contributed by atoms with Crippen molar-refractivity contribution in [3.05, 3.63) is 102 Å².